The highest BCUT2D eigenvalue weighted by atomic mass is 16.5. The van der Waals surface area contributed by atoms with Gasteiger partial charge in [-0.15, -0.1) is 0 Å². The molecule has 0 amide bonds. The molecule has 2 rings (SSSR count). The van der Waals surface area contributed by atoms with Crippen LogP contribution in [0.25, 0.3) is 0 Å². The minimum atomic E-state index is -0.226. The number of carbonyl (C=O) groups is 1. The lowest BCUT2D eigenvalue weighted by Gasteiger charge is -2.20. The fraction of sp³-hybridized carbons (Fsp3) is 0.417. The molecule has 80 valence electrons. The monoisotopic (exact) mass is 205 g/mol. The zero-order chi connectivity index (χ0) is 10.7. The van der Waals surface area contributed by atoms with Gasteiger partial charge in [0.25, 0.3) is 0 Å². The summed E-state index contributed by atoms with van der Waals surface area (Å²) in [5.74, 6) is -0.226. The molecule has 0 atom stereocenters. The maximum absolute atomic E-state index is 10.7. The standard InChI is InChI=1S/C12H15NO2/c1-9(14)15-8-11-4-2-3-10-5-6-13-7-12(10)11/h2-4,13H,5-8H2,1H3. The highest BCUT2D eigenvalue weighted by molar-refractivity contribution is 5.66. The predicted octanol–water partition coefficient (Wildman–Crippen LogP) is 1.40. The molecule has 1 aromatic rings. The molecule has 1 heterocycles. The first kappa shape index (κ1) is 10.2. The first-order chi connectivity index (χ1) is 7.27. The molecule has 0 radical (unpaired) electrons. The summed E-state index contributed by atoms with van der Waals surface area (Å²) in [6.07, 6.45) is 1.06. The molecule has 0 unspecified atom stereocenters. The first-order valence-corrected chi connectivity index (χ1v) is 5.21. The molecule has 0 aliphatic carbocycles. The van der Waals surface area contributed by atoms with Gasteiger partial charge in [-0.25, -0.2) is 0 Å². The van der Waals surface area contributed by atoms with Gasteiger partial charge in [-0.3, -0.25) is 4.79 Å². The summed E-state index contributed by atoms with van der Waals surface area (Å²) in [4.78, 5) is 10.7. The zero-order valence-corrected chi connectivity index (χ0v) is 8.88. The molecule has 0 aromatic heterocycles. The van der Waals surface area contributed by atoms with Gasteiger partial charge in [-0.2, -0.15) is 0 Å². The van der Waals surface area contributed by atoms with Crippen molar-refractivity contribution in [2.45, 2.75) is 26.5 Å². The molecule has 0 fully saturated rings. The number of ether oxygens (including phenoxy) is 1. The summed E-state index contributed by atoms with van der Waals surface area (Å²) >= 11 is 0. The Bertz CT molecular complexity index is 374. The highest BCUT2D eigenvalue weighted by Crippen LogP contribution is 2.19. The van der Waals surface area contributed by atoms with Crippen LogP contribution in [0.1, 0.15) is 23.6 Å². The van der Waals surface area contributed by atoms with E-state index in [1.807, 2.05) is 12.1 Å². The molecular weight excluding hydrogens is 190 g/mol. The lowest BCUT2D eigenvalue weighted by Crippen LogP contribution is -2.25. The van der Waals surface area contributed by atoms with Gasteiger partial charge in [0.05, 0.1) is 0 Å². The van der Waals surface area contributed by atoms with Gasteiger partial charge >= 0.3 is 5.97 Å². The minimum Gasteiger partial charge on any atom is -0.461 e. The number of fused-ring (bicyclic) bond motifs is 1. The van der Waals surface area contributed by atoms with E-state index in [1.54, 1.807) is 0 Å². The van der Waals surface area contributed by atoms with E-state index in [0.29, 0.717) is 6.61 Å². The molecule has 0 saturated heterocycles. The third-order valence-electron chi connectivity index (χ3n) is 2.67. The molecule has 3 heteroatoms. The van der Waals surface area contributed by atoms with Crippen LogP contribution < -0.4 is 5.32 Å². The van der Waals surface area contributed by atoms with Gasteiger partial charge in [0.15, 0.2) is 0 Å². The molecule has 1 aliphatic heterocycles. The van der Waals surface area contributed by atoms with Crippen LogP contribution in [0.5, 0.6) is 0 Å². The van der Waals surface area contributed by atoms with Crippen molar-refractivity contribution >= 4 is 5.97 Å². The van der Waals surface area contributed by atoms with Crippen LogP contribution in [0.2, 0.25) is 0 Å². The van der Waals surface area contributed by atoms with E-state index in [1.165, 1.54) is 18.1 Å². The number of esters is 1. The smallest absolute Gasteiger partial charge is 0.302 e. The maximum Gasteiger partial charge on any atom is 0.302 e. The molecule has 1 aromatic carbocycles. The Morgan fingerprint density at radius 1 is 1.53 bits per heavy atom. The van der Waals surface area contributed by atoms with Crippen molar-refractivity contribution < 1.29 is 9.53 Å². The maximum atomic E-state index is 10.7. The molecule has 0 bridgehead atoms. The summed E-state index contributed by atoms with van der Waals surface area (Å²) in [6.45, 7) is 3.74. The summed E-state index contributed by atoms with van der Waals surface area (Å²) < 4.78 is 5.03. The SMILES string of the molecule is CC(=O)OCc1cccc2c1CNCC2. The average Bonchev–Trinajstić information content (AvgIpc) is 2.26. The Kier molecular flexibility index (Phi) is 3.02. The van der Waals surface area contributed by atoms with Crippen LogP contribution in [0.4, 0.5) is 0 Å². The number of rotatable bonds is 2. The molecule has 1 aliphatic rings. The van der Waals surface area contributed by atoms with Crippen LogP contribution in [0.15, 0.2) is 18.2 Å². The number of benzene rings is 1. The number of hydrogen-bond acceptors (Lipinski definition) is 3. The van der Waals surface area contributed by atoms with Crippen molar-refractivity contribution in [3.8, 4) is 0 Å². The van der Waals surface area contributed by atoms with Crippen LogP contribution in [0.3, 0.4) is 0 Å². The second-order valence-corrected chi connectivity index (χ2v) is 3.76. The molecule has 0 spiro atoms. The second kappa shape index (κ2) is 4.45. The van der Waals surface area contributed by atoms with Crippen molar-refractivity contribution in [3.63, 3.8) is 0 Å². The average molecular weight is 205 g/mol. The van der Waals surface area contributed by atoms with E-state index in [-0.39, 0.29) is 5.97 Å². The fourth-order valence-corrected chi connectivity index (χ4v) is 1.90. The largest absolute Gasteiger partial charge is 0.461 e. The van der Waals surface area contributed by atoms with Crippen LogP contribution in [0, 0.1) is 0 Å². The van der Waals surface area contributed by atoms with Crippen molar-refractivity contribution in [1.82, 2.24) is 5.32 Å². The fourth-order valence-electron chi connectivity index (χ4n) is 1.90. The van der Waals surface area contributed by atoms with E-state index in [9.17, 15) is 4.79 Å². The van der Waals surface area contributed by atoms with Gasteiger partial charge in [0.1, 0.15) is 6.61 Å². The van der Waals surface area contributed by atoms with Crippen LogP contribution in [-0.2, 0) is 29.1 Å². The quantitative estimate of drug-likeness (QED) is 0.742. The van der Waals surface area contributed by atoms with Gasteiger partial charge < -0.3 is 10.1 Å². The van der Waals surface area contributed by atoms with Gasteiger partial charge in [0, 0.05) is 13.5 Å². The molecule has 1 N–H and O–H groups in total. The lowest BCUT2D eigenvalue weighted by atomic mass is 9.96. The first-order valence-electron chi connectivity index (χ1n) is 5.21. The summed E-state index contributed by atoms with van der Waals surface area (Å²) in [5, 5.41) is 3.33. The topological polar surface area (TPSA) is 38.3 Å². The summed E-state index contributed by atoms with van der Waals surface area (Å²) in [7, 11) is 0. The Morgan fingerprint density at radius 3 is 3.20 bits per heavy atom. The van der Waals surface area contributed by atoms with Gasteiger partial charge in [0.2, 0.25) is 0 Å². The van der Waals surface area contributed by atoms with Gasteiger partial charge in [-0.1, -0.05) is 18.2 Å². The predicted molar refractivity (Wildman–Crippen MR) is 57.3 cm³/mol. The number of hydrogen-bond donors (Lipinski definition) is 1. The third-order valence-corrected chi connectivity index (χ3v) is 2.67. The number of nitrogens with one attached hydrogen (secondary N) is 1. The Balaban J connectivity index is 2.19. The third kappa shape index (κ3) is 2.36. The molecule has 3 nitrogen and oxygen atoms in total. The zero-order valence-electron chi connectivity index (χ0n) is 8.88. The number of carbonyl (C=O) groups excluding carboxylic acids is 1. The van der Waals surface area contributed by atoms with E-state index in [0.717, 1.165) is 25.1 Å². The normalized spacial score (nSPS) is 14.5. The van der Waals surface area contributed by atoms with Crippen LogP contribution in [-0.4, -0.2) is 12.5 Å². The van der Waals surface area contributed by atoms with Crippen molar-refractivity contribution in [2.75, 3.05) is 6.54 Å². The van der Waals surface area contributed by atoms with Crippen molar-refractivity contribution in [2.24, 2.45) is 0 Å². The lowest BCUT2D eigenvalue weighted by molar-refractivity contribution is -0.142. The highest BCUT2D eigenvalue weighted by Gasteiger charge is 2.12. The van der Waals surface area contributed by atoms with Crippen LogP contribution >= 0.6 is 0 Å². The Hall–Kier alpha value is -1.35. The molecule has 15 heavy (non-hydrogen) atoms. The molecule has 0 saturated carbocycles. The molecular formula is C12H15NO2. The Morgan fingerprint density at radius 2 is 2.40 bits per heavy atom. The van der Waals surface area contributed by atoms with Crippen molar-refractivity contribution in [1.29, 1.82) is 0 Å². The minimum absolute atomic E-state index is 0.226. The van der Waals surface area contributed by atoms with Crippen molar-refractivity contribution in [3.05, 3.63) is 34.9 Å². The van der Waals surface area contributed by atoms with E-state index in [2.05, 4.69) is 11.4 Å². The summed E-state index contributed by atoms with van der Waals surface area (Å²) in [5.41, 5.74) is 3.79. The van der Waals surface area contributed by atoms with E-state index < -0.39 is 0 Å². The van der Waals surface area contributed by atoms with E-state index >= 15 is 0 Å². The van der Waals surface area contributed by atoms with Gasteiger partial charge in [-0.05, 0) is 29.7 Å². The Labute approximate surface area is 89.4 Å². The summed E-state index contributed by atoms with van der Waals surface area (Å²) in [6, 6.07) is 6.20. The second-order valence-electron chi connectivity index (χ2n) is 3.76. The van der Waals surface area contributed by atoms with E-state index in [4.69, 9.17) is 4.74 Å².